The molecule has 6 aromatic rings. The van der Waals surface area contributed by atoms with Gasteiger partial charge in [-0.25, -0.2) is 9.59 Å². The molecule has 0 bridgehead atoms. The van der Waals surface area contributed by atoms with Crippen LogP contribution in [-0.2, 0) is 9.47 Å². The van der Waals surface area contributed by atoms with Gasteiger partial charge in [0.05, 0.1) is 11.1 Å². The van der Waals surface area contributed by atoms with Gasteiger partial charge in [-0.2, -0.15) is 0 Å². The minimum Gasteiger partial charge on any atom is -0.508 e. The van der Waals surface area contributed by atoms with Crippen molar-refractivity contribution in [1.29, 1.82) is 0 Å². The Bertz CT molecular complexity index is 3080. The highest BCUT2D eigenvalue weighted by Crippen LogP contribution is 2.48. The highest BCUT2D eigenvalue weighted by atomic mass is 16.6. The number of carbonyl (C=O) groups excluding carboxylic acids is 4. The molecule has 0 radical (unpaired) electrons. The van der Waals surface area contributed by atoms with Crippen LogP contribution in [0.2, 0.25) is 0 Å². The summed E-state index contributed by atoms with van der Waals surface area (Å²) in [4.78, 5) is 51.9. The van der Waals surface area contributed by atoms with Crippen LogP contribution in [0.4, 0.5) is 0 Å². The first kappa shape index (κ1) is 99.1. The molecule has 98 heavy (non-hydrogen) atoms. The van der Waals surface area contributed by atoms with Crippen LogP contribution in [0.3, 0.4) is 0 Å². The Morgan fingerprint density at radius 1 is 0.316 bits per heavy atom. The minimum atomic E-state index is -1.85. The van der Waals surface area contributed by atoms with Crippen molar-refractivity contribution < 1.29 is 120 Å². The second-order valence-corrected chi connectivity index (χ2v) is 23.7. The van der Waals surface area contributed by atoms with E-state index in [1.165, 1.54) is 0 Å². The van der Waals surface area contributed by atoms with Crippen LogP contribution in [-0.4, -0.2) is 117 Å². The summed E-state index contributed by atoms with van der Waals surface area (Å²) in [5, 5.41) is 156. The van der Waals surface area contributed by atoms with Gasteiger partial charge in [0.25, 0.3) is 0 Å². The number of esters is 2. The van der Waals surface area contributed by atoms with Crippen molar-refractivity contribution in [1.82, 2.24) is 0 Å². The van der Waals surface area contributed by atoms with Crippen LogP contribution < -0.4 is 9.47 Å². The number of ketones is 2. The number of hydrogen-bond donors (Lipinski definition) is 16. The molecule has 16 N–H and O–H groups in total. The maximum absolute atomic E-state index is 13.2. The van der Waals surface area contributed by atoms with Gasteiger partial charge in [-0.3, -0.25) is 9.59 Å². The van der Waals surface area contributed by atoms with E-state index in [-0.39, 0.29) is 44.9 Å². The maximum atomic E-state index is 13.2. The number of ether oxygens (including phenoxy) is 4. The highest BCUT2D eigenvalue weighted by molar-refractivity contribution is 6.08. The lowest BCUT2D eigenvalue weighted by Gasteiger charge is -2.32. The minimum absolute atomic E-state index is 0. The molecule has 0 saturated carbocycles. The van der Waals surface area contributed by atoms with Crippen molar-refractivity contribution in [2.75, 3.05) is 0 Å². The summed E-state index contributed by atoms with van der Waals surface area (Å²) < 4.78 is 21.8. The molecule has 4 unspecified atom stereocenters. The van der Waals surface area contributed by atoms with Gasteiger partial charge in [0.1, 0.15) is 45.6 Å². The third-order valence-corrected chi connectivity index (χ3v) is 10.1. The maximum Gasteiger partial charge on any atom is 0.339 e. The zero-order chi connectivity index (χ0) is 75.3. The molecule has 2 aliphatic heterocycles. The molecule has 24 heteroatoms. The van der Waals surface area contributed by atoms with Crippen LogP contribution in [0.5, 0.6) is 103 Å². The lowest BCUT2D eigenvalue weighted by atomic mass is 9.92. The van der Waals surface area contributed by atoms with Crippen LogP contribution in [0.15, 0.2) is 72.8 Å². The van der Waals surface area contributed by atoms with Crippen LogP contribution in [0.1, 0.15) is 253 Å². The lowest BCUT2D eigenvalue weighted by molar-refractivity contribution is -0.0102. The predicted octanol–water partition coefficient (Wildman–Crippen LogP) is 18.0. The Kier molecular flexibility index (Phi) is 45.2. The quantitative estimate of drug-likeness (QED) is 0.0544. The van der Waals surface area contributed by atoms with E-state index in [4.69, 9.17) is 18.9 Å². The Labute approximate surface area is 579 Å². The number of rotatable bonds is 6. The first-order valence-electron chi connectivity index (χ1n) is 30.9. The molecule has 24 nitrogen and oxygen atoms in total. The van der Waals surface area contributed by atoms with Crippen molar-refractivity contribution in [2.45, 2.75) is 213 Å². The third kappa shape index (κ3) is 30.8. The molecule has 0 spiro atoms. The molecule has 0 aromatic heterocycles. The fourth-order valence-corrected chi connectivity index (χ4v) is 6.92. The van der Waals surface area contributed by atoms with Crippen LogP contribution in [0, 0.1) is 16.2 Å². The number of phenols is 16. The third-order valence-electron chi connectivity index (χ3n) is 10.1. The zero-order valence-electron chi connectivity index (χ0n) is 59.2. The Morgan fingerprint density at radius 3 is 0.694 bits per heavy atom. The number of aromatic hydroxyl groups is 16. The fourth-order valence-electron chi connectivity index (χ4n) is 6.92. The first-order valence-corrected chi connectivity index (χ1v) is 30.9. The van der Waals surface area contributed by atoms with Crippen molar-refractivity contribution in [3.63, 3.8) is 0 Å². The van der Waals surface area contributed by atoms with Crippen LogP contribution in [0.25, 0.3) is 0 Å². The van der Waals surface area contributed by atoms with Gasteiger partial charge in [0.15, 0.2) is 81.2 Å². The predicted molar refractivity (Wildman–Crippen MR) is 383 cm³/mol. The summed E-state index contributed by atoms with van der Waals surface area (Å²) in [6.07, 6.45) is -6.81. The van der Waals surface area contributed by atoms with Crippen molar-refractivity contribution in [3.8, 4) is 103 Å². The molecule has 0 saturated heterocycles. The molecule has 2 aliphatic rings. The summed E-state index contributed by atoms with van der Waals surface area (Å²) >= 11 is 0. The normalized spacial score (nSPS) is 14.0. The van der Waals surface area contributed by atoms with Crippen molar-refractivity contribution >= 4 is 23.5 Å². The SMILES string of the molecule is C.C.C.CC.CC.CC.CC.CC.CC.CC(C)(C)C.CC(C)(C)C.CC(C)(C)C.O=C(OC1C(=O)c2c(O)cc(O)cc2OC1c1cc(O)c(O)c(O)c1)c1cc(O)c(O)c(O)c1.O=C(OC1C(=O)c2c(O)cc(O)cc2OC1c1cc(O)c(O)c(O)c1)c1cc(O)c(O)c(O)c1. The zero-order valence-corrected chi connectivity index (χ0v) is 59.2. The highest BCUT2D eigenvalue weighted by Gasteiger charge is 2.45. The van der Waals surface area contributed by atoms with E-state index in [0.717, 1.165) is 72.8 Å². The topological polar surface area (TPSA) is 429 Å². The van der Waals surface area contributed by atoms with Gasteiger partial charge in [-0.05, 0) is 64.8 Å². The average Bonchev–Trinajstić information content (AvgIpc) is 0.764. The van der Waals surface area contributed by atoms with Crippen molar-refractivity contribution in [2.24, 2.45) is 16.2 Å². The standard InChI is InChI=1S/2C22H16O12.3C5H12.6C2H6.3CH4/c2*23-9-5-10(24)16-15(6-9)33-20(7-1-11(25)17(29)12(26)2-7)21(19(16)31)34-22(32)8-3-13(27)18(30)14(28)4-8;3*1-5(2,3)4;6*1-2;;;/h2*1-6,20-21,23-30H;3*1-4H3;6*1-2H3;3*1H4. The van der Waals surface area contributed by atoms with Gasteiger partial charge < -0.3 is 101 Å². The summed E-state index contributed by atoms with van der Waals surface area (Å²) in [6, 6.07) is 10.5. The number of carbonyl (C=O) groups is 4. The summed E-state index contributed by atoms with van der Waals surface area (Å²) in [7, 11) is 0. The summed E-state index contributed by atoms with van der Waals surface area (Å²) in [5.41, 5.74) is -0.563. The Morgan fingerprint density at radius 2 is 0.500 bits per heavy atom. The summed E-state index contributed by atoms with van der Waals surface area (Å²) in [5.74, 6) is -17.4. The second-order valence-electron chi connectivity index (χ2n) is 23.7. The van der Waals surface area contributed by atoms with E-state index >= 15 is 0 Å². The molecule has 0 amide bonds. The smallest absolute Gasteiger partial charge is 0.339 e. The number of Topliss-reactive ketones (excluding diaryl/α,β-unsaturated/α-hetero) is 2. The van der Waals surface area contributed by atoms with Gasteiger partial charge in [-0.15, -0.1) is 0 Å². The second kappa shape index (κ2) is 44.7. The molecule has 2 heterocycles. The molecular formula is C74H116O24. The molecule has 6 aromatic carbocycles. The number of fused-ring (bicyclic) bond motifs is 2. The van der Waals surface area contributed by atoms with Gasteiger partial charge in [0.2, 0.25) is 23.8 Å². The molecular weight excluding hydrogens is 1270 g/mol. The van der Waals surface area contributed by atoms with E-state index in [1.807, 2.05) is 83.1 Å². The Balaban J connectivity index is -0.000000310. The lowest BCUT2D eigenvalue weighted by Crippen LogP contribution is -2.40. The van der Waals surface area contributed by atoms with Crippen molar-refractivity contribution in [3.05, 3.63) is 106 Å². The number of hydrogen-bond acceptors (Lipinski definition) is 24. The fraction of sp³-hybridized carbons (Fsp3) is 0.459. The first-order chi connectivity index (χ1) is 43.9. The van der Waals surface area contributed by atoms with E-state index in [9.17, 15) is 101 Å². The molecule has 0 aliphatic carbocycles. The van der Waals surface area contributed by atoms with E-state index in [0.29, 0.717) is 16.2 Å². The largest absolute Gasteiger partial charge is 0.508 e. The van der Waals surface area contributed by atoms with E-state index < -0.39 is 162 Å². The Hall–Kier alpha value is -10.0. The number of phenolic OH excluding ortho intramolecular Hbond substituents is 16. The molecule has 556 valence electrons. The average molecular weight is 1390 g/mol. The van der Waals surface area contributed by atoms with Gasteiger partial charge >= 0.3 is 11.9 Å². The summed E-state index contributed by atoms with van der Waals surface area (Å²) in [6.45, 7) is 50.2. The number of benzene rings is 6. The molecule has 8 rings (SSSR count). The molecule has 0 fully saturated rings. The van der Waals surface area contributed by atoms with E-state index in [1.54, 1.807) is 0 Å². The van der Waals surface area contributed by atoms with Crippen LogP contribution >= 0.6 is 0 Å². The van der Waals surface area contributed by atoms with E-state index in [2.05, 4.69) is 83.1 Å². The molecule has 4 atom stereocenters. The van der Waals surface area contributed by atoms with Gasteiger partial charge in [0, 0.05) is 35.4 Å². The van der Waals surface area contributed by atoms with Gasteiger partial charge in [-0.1, -0.05) is 188 Å². The monoisotopic (exact) mass is 1390 g/mol.